The maximum absolute atomic E-state index is 5.20. The molecule has 0 saturated heterocycles. The van der Waals surface area contributed by atoms with Gasteiger partial charge in [0.15, 0.2) is 5.82 Å². The van der Waals surface area contributed by atoms with Crippen molar-refractivity contribution in [3.05, 3.63) is 24.9 Å². The molecule has 0 unspecified atom stereocenters. The van der Waals surface area contributed by atoms with Crippen LogP contribution in [0.5, 0.6) is 0 Å². The van der Waals surface area contributed by atoms with E-state index in [1.165, 1.54) is 0 Å². The summed E-state index contributed by atoms with van der Waals surface area (Å²) in [5, 5.41) is 7.55. The average molecular weight is 179 g/mol. The van der Waals surface area contributed by atoms with Crippen LogP contribution in [-0.2, 0) is 0 Å². The molecule has 0 aliphatic carbocycles. The second-order valence-electron chi connectivity index (χ2n) is 2.61. The lowest BCUT2D eigenvalue weighted by atomic mass is 10.4. The van der Waals surface area contributed by atoms with Gasteiger partial charge in [0.1, 0.15) is 0 Å². The van der Waals surface area contributed by atoms with E-state index >= 15 is 0 Å². The molecule has 1 rings (SSSR count). The number of anilines is 2. The van der Waals surface area contributed by atoms with Gasteiger partial charge in [0.25, 0.3) is 0 Å². The summed E-state index contributed by atoms with van der Waals surface area (Å²) in [4.78, 5) is 1.99. The molecular formula is C8H13N5. The van der Waals surface area contributed by atoms with E-state index < -0.39 is 0 Å². The Morgan fingerprint density at radius 3 is 3.15 bits per heavy atom. The number of nitrogens with two attached hydrogens (primary N) is 1. The van der Waals surface area contributed by atoms with Crippen LogP contribution < -0.4 is 16.2 Å². The molecule has 0 saturated carbocycles. The molecule has 1 heterocycles. The molecule has 5 heteroatoms. The summed E-state index contributed by atoms with van der Waals surface area (Å²) >= 11 is 0. The Kier molecular flexibility index (Phi) is 3.22. The molecule has 0 aromatic carbocycles. The molecule has 13 heavy (non-hydrogen) atoms. The van der Waals surface area contributed by atoms with Crippen molar-refractivity contribution in [1.82, 2.24) is 10.2 Å². The van der Waals surface area contributed by atoms with Gasteiger partial charge < -0.3 is 10.3 Å². The largest absolute Gasteiger partial charge is 0.369 e. The highest BCUT2D eigenvalue weighted by Crippen LogP contribution is 2.12. The molecule has 0 radical (unpaired) electrons. The molecule has 0 amide bonds. The van der Waals surface area contributed by atoms with Crippen molar-refractivity contribution in [2.24, 2.45) is 5.84 Å². The summed E-state index contributed by atoms with van der Waals surface area (Å²) in [7, 11) is 1.94. The van der Waals surface area contributed by atoms with Crippen LogP contribution >= 0.6 is 0 Å². The van der Waals surface area contributed by atoms with E-state index in [-0.39, 0.29) is 0 Å². The number of likely N-dealkylation sites (N-methyl/N-ethyl adjacent to an activating group) is 1. The van der Waals surface area contributed by atoms with E-state index in [1.54, 1.807) is 6.20 Å². The van der Waals surface area contributed by atoms with Crippen molar-refractivity contribution in [3.63, 3.8) is 0 Å². The lowest BCUT2D eigenvalue weighted by Gasteiger charge is -2.16. The predicted molar refractivity (Wildman–Crippen MR) is 53.3 cm³/mol. The molecule has 0 aliphatic rings. The van der Waals surface area contributed by atoms with E-state index in [2.05, 4.69) is 22.2 Å². The third-order valence-electron chi connectivity index (χ3n) is 1.63. The summed E-state index contributed by atoms with van der Waals surface area (Å²) in [5.41, 5.74) is 3.39. The van der Waals surface area contributed by atoms with E-state index in [1.807, 2.05) is 24.1 Å². The summed E-state index contributed by atoms with van der Waals surface area (Å²) in [6, 6.07) is 1.82. The average Bonchev–Trinajstić information content (AvgIpc) is 2.18. The summed E-state index contributed by atoms with van der Waals surface area (Å²) in [6.45, 7) is 4.41. The van der Waals surface area contributed by atoms with Gasteiger partial charge in [-0.25, -0.2) is 5.84 Å². The minimum Gasteiger partial charge on any atom is -0.369 e. The van der Waals surface area contributed by atoms with E-state index in [0.29, 0.717) is 5.82 Å². The highest BCUT2D eigenvalue weighted by Gasteiger charge is 2.00. The first-order valence-electron chi connectivity index (χ1n) is 3.89. The molecule has 1 aromatic heterocycles. The third-order valence-corrected chi connectivity index (χ3v) is 1.63. The van der Waals surface area contributed by atoms with Crippen molar-refractivity contribution >= 4 is 11.5 Å². The van der Waals surface area contributed by atoms with Crippen LogP contribution in [0, 0.1) is 0 Å². The fourth-order valence-corrected chi connectivity index (χ4v) is 0.935. The van der Waals surface area contributed by atoms with Gasteiger partial charge in [0.05, 0.1) is 11.9 Å². The normalized spacial score (nSPS) is 9.38. The first-order valence-corrected chi connectivity index (χ1v) is 3.89. The second-order valence-corrected chi connectivity index (χ2v) is 2.61. The Morgan fingerprint density at radius 1 is 1.77 bits per heavy atom. The molecule has 0 fully saturated rings. The summed E-state index contributed by atoms with van der Waals surface area (Å²) in [6.07, 6.45) is 3.49. The zero-order valence-electron chi connectivity index (χ0n) is 7.57. The first kappa shape index (κ1) is 9.47. The Labute approximate surface area is 77.2 Å². The first-order chi connectivity index (χ1) is 6.27. The van der Waals surface area contributed by atoms with Crippen molar-refractivity contribution in [2.45, 2.75) is 0 Å². The number of aromatic nitrogens is 2. The quantitative estimate of drug-likeness (QED) is 0.397. The molecule has 0 bridgehead atoms. The third kappa shape index (κ3) is 2.41. The lowest BCUT2D eigenvalue weighted by Crippen LogP contribution is -2.18. The second kappa shape index (κ2) is 4.42. The van der Waals surface area contributed by atoms with Crippen LogP contribution in [0.3, 0.4) is 0 Å². The number of hydrogen-bond donors (Lipinski definition) is 2. The summed E-state index contributed by atoms with van der Waals surface area (Å²) in [5.74, 6) is 5.75. The molecular weight excluding hydrogens is 166 g/mol. The van der Waals surface area contributed by atoms with Gasteiger partial charge in [-0.05, 0) is 0 Å². The Bertz CT molecular complexity index is 286. The minimum absolute atomic E-state index is 0.549. The number of hydrazine groups is 1. The molecule has 0 atom stereocenters. The monoisotopic (exact) mass is 179 g/mol. The predicted octanol–water partition coefficient (Wildman–Crippen LogP) is 0.384. The molecule has 70 valence electrons. The van der Waals surface area contributed by atoms with E-state index in [9.17, 15) is 0 Å². The van der Waals surface area contributed by atoms with Crippen molar-refractivity contribution in [2.75, 3.05) is 23.9 Å². The molecule has 0 spiro atoms. The number of nitrogens with zero attached hydrogens (tertiary/aromatic N) is 3. The summed E-state index contributed by atoms with van der Waals surface area (Å²) < 4.78 is 0. The van der Waals surface area contributed by atoms with E-state index in [0.717, 1.165) is 12.2 Å². The number of nitrogen functional groups attached to an aromatic ring is 1. The van der Waals surface area contributed by atoms with Gasteiger partial charge in [-0.3, -0.25) is 0 Å². The number of rotatable bonds is 4. The number of nitrogens with one attached hydrogen (secondary N) is 1. The topological polar surface area (TPSA) is 67.1 Å². The van der Waals surface area contributed by atoms with Crippen molar-refractivity contribution < 1.29 is 0 Å². The highest BCUT2D eigenvalue weighted by atomic mass is 15.3. The van der Waals surface area contributed by atoms with Gasteiger partial charge in [-0.2, -0.15) is 5.10 Å². The van der Waals surface area contributed by atoms with E-state index in [4.69, 9.17) is 5.84 Å². The van der Waals surface area contributed by atoms with Crippen LogP contribution in [0.4, 0.5) is 11.5 Å². The Hall–Kier alpha value is -1.62. The Balaban J connectivity index is 2.81. The van der Waals surface area contributed by atoms with Crippen LogP contribution in [0.2, 0.25) is 0 Å². The standard InChI is InChI=1S/C8H13N5/c1-3-4-13(2)7-5-8(11-9)12-10-6-7/h3,5-6H,1,4,9H2,2H3,(H,11,12). The smallest absolute Gasteiger partial charge is 0.164 e. The molecule has 1 aromatic rings. The van der Waals surface area contributed by atoms with Crippen LogP contribution in [0.1, 0.15) is 0 Å². The van der Waals surface area contributed by atoms with Gasteiger partial charge in [0, 0.05) is 19.7 Å². The fourth-order valence-electron chi connectivity index (χ4n) is 0.935. The maximum Gasteiger partial charge on any atom is 0.164 e. The zero-order valence-corrected chi connectivity index (χ0v) is 7.57. The lowest BCUT2D eigenvalue weighted by molar-refractivity contribution is 0.970. The van der Waals surface area contributed by atoms with Gasteiger partial charge >= 0.3 is 0 Å². The number of hydrogen-bond acceptors (Lipinski definition) is 5. The van der Waals surface area contributed by atoms with Crippen LogP contribution in [0.15, 0.2) is 24.9 Å². The fraction of sp³-hybridized carbons (Fsp3) is 0.250. The van der Waals surface area contributed by atoms with Crippen molar-refractivity contribution in [3.8, 4) is 0 Å². The van der Waals surface area contributed by atoms with Gasteiger partial charge in [-0.15, -0.1) is 11.7 Å². The Morgan fingerprint density at radius 2 is 2.54 bits per heavy atom. The molecule has 3 N–H and O–H groups in total. The van der Waals surface area contributed by atoms with Gasteiger partial charge in [-0.1, -0.05) is 6.08 Å². The maximum atomic E-state index is 5.20. The van der Waals surface area contributed by atoms with Crippen molar-refractivity contribution in [1.29, 1.82) is 0 Å². The van der Waals surface area contributed by atoms with Gasteiger partial charge in [0.2, 0.25) is 0 Å². The molecule has 5 nitrogen and oxygen atoms in total. The minimum atomic E-state index is 0.549. The molecule has 0 aliphatic heterocycles. The zero-order chi connectivity index (χ0) is 9.68. The SMILES string of the molecule is C=CCN(C)c1cnnc(NN)c1. The van der Waals surface area contributed by atoms with Crippen LogP contribution in [0.25, 0.3) is 0 Å². The van der Waals surface area contributed by atoms with Crippen LogP contribution in [-0.4, -0.2) is 23.8 Å². The highest BCUT2D eigenvalue weighted by molar-refractivity contribution is 5.51.